The van der Waals surface area contributed by atoms with Crippen LogP contribution in [-0.4, -0.2) is 18.8 Å². The summed E-state index contributed by atoms with van der Waals surface area (Å²) in [6.45, 7) is 2.83. The van der Waals surface area contributed by atoms with Crippen LogP contribution in [0.3, 0.4) is 0 Å². The minimum atomic E-state index is 0.0788. The average molecular weight is 312 g/mol. The monoisotopic (exact) mass is 311 g/mol. The maximum Gasteiger partial charge on any atom is 0.126 e. The largest absolute Gasteiger partial charge is 0.467 e. The first kappa shape index (κ1) is 14.1. The van der Waals surface area contributed by atoms with E-state index in [4.69, 9.17) is 20.8 Å². The van der Waals surface area contributed by atoms with Crippen molar-refractivity contribution >= 4 is 22.9 Å². The highest BCUT2D eigenvalue weighted by Crippen LogP contribution is 2.34. The first-order chi connectivity index (χ1) is 9.76. The molecule has 3 rings (SSSR count). The van der Waals surface area contributed by atoms with E-state index in [0.29, 0.717) is 12.1 Å². The molecule has 1 N–H and O–H groups in total. The van der Waals surface area contributed by atoms with Crippen molar-refractivity contribution in [1.29, 1.82) is 0 Å². The number of hydrogen-bond donors (Lipinski definition) is 1. The predicted molar refractivity (Wildman–Crippen MR) is 81.5 cm³/mol. The summed E-state index contributed by atoms with van der Waals surface area (Å²) >= 11 is 7.65. The molecule has 1 aliphatic rings. The van der Waals surface area contributed by atoms with Gasteiger partial charge in [-0.15, -0.1) is 11.3 Å². The molecule has 20 heavy (non-hydrogen) atoms. The summed E-state index contributed by atoms with van der Waals surface area (Å²) in [4.78, 5) is 1.19. The molecule has 1 unspecified atom stereocenters. The van der Waals surface area contributed by atoms with Gasteiger partial charge in [0.05, 0.1) is 16.7 Å². The Morgan fingerprint density at radius 3 is 2.90 bits per heavy atom. The van der Waals surface area contributed by atoms with Gasteiger partial charge in [0, 0.05) is 17.5 Å². The zero-order chi connectivity index (χ0) is 13.9. The SMILES string of the molecule is CCOC1CC(NC(c2ccco2)c2ccc(Cl)s2)C1. The molecule has 0 aromatic carbocycles. The first-order valence-corrected chi connectivity index (χ1v) is 8.12. The summed E-state index contributed by atoms with van der Waals surface area (Å²) < 4.78 is 12.0. The lowest BCUT2D eigenvalue weighted by atomic mass is 9.88. The van der Waals surface area contributed by atoms with Crippen molar-refractivity contribution in [2.75, 3.05) is 6.61 Å². The molecular weight excluding hydrogens is 294 g/mol. The van der Waals surface area contributed by atoms with Gasteiger partial charge in [0.2, 0.25) is 0 Å². The molecule has 1 saturated carbocycles. The molecule has 1 aliphatic carbocycles. The number of nitrogens with one attached hydrogen (secondary N) is 1. The van der Waals surface area contributed by atoms with Crippen molar-refractivity contribution < 1.29 is 9.15 Å². The van der Waals surface area contributed by atoms with Crippen molar-refractivity contribution in [1.82, 2.24) is 5.32 Å². The molecule has 0 aliphatic heterocycles. The minimum absolute atomic E-state index is 0.0788. The fourth-order valence-corrected chi connectivity index (χ4v) is 3.68. The van der Waals surface area contributed by atoms with Crippen molar-refractivity contribution in [2.24, 2.45) is 0 Å². The molecule has 2 heterocycles. The quantitative estimate of drug-likeness (QED) is 0.866. The van der Waals surface area contributed by atoms with Crippen LogP contribution in [0.1, 0.15) is 36.4 Å². The third-order valence-corrected chi connectivity index (χ3v) is 4.90. The third-order valence-electron chi connectivity index (χ3n) is 3.61. The number of furan rings is 1. The first-order valence-electron chi connectivity index (χ1n) is 6.92. The third kappa shape index (κ3) is 3.09. The van der Waals surface area contributed by atoms with Crippen molar-refractivity contribution in [3.8, 4) is 0 Å². The molecule has 1 atom stereocenters. The molecule has 0 bridgehead atoms. The fourth-order valence-electron chi connectivity index (χ4n) is 2.55. The number of thiophene rings is 1. The second-order valence-corrected chi connectivity index (χ2v) is 6.75. The Morgan fingerprint density at radius 2 is 2.30 bits per heavy atom. The Hall–Kier alpha value is -0.810. The summed E-state index contributed by atoms with van der Waals surface area (Å²) in [6.07, 6.45) is 4.23. The smallest absolute Gasteiger partial charge is 0.126 e. The zero-order valence-corrected chi connectivity index (χ0v) is 12.9. The van der Waals surface area contributed by atoms with E-state index in [1.54, 1.807) is 17.6 Å². The Balaban J connectivity index is 1.68. The molecule has 0 saturated heterocycles. The Labute approximate surface area is 127 Å². The molecule has 0 spiro atoms. The molecule has 5 heteroatoms. The molecule has 3 nitrogen and oxygen atoms in total. The summed E-state index contributed by atoms with van der Waals surface area (Å²) in [7, 11) is 0. The highest BCUT2D eigenvalue weighted by Gasteiger charge is 2.32. The molecule has 2 aromatic rings. The van der Waals surface area contributed by atoms with Gasteiger partial charge < -0.3 is 9.15 Å². The number of rotatable bonds is 6. The highest BCUT2D eigenvalue weighted by molar-refractivity contribution is 7.16. The van der Waals surface area contributed by atoms with Crippen LogP contribution in [0, 0.1) is 0 Å². The van der Waals surface area contributed by atoms with E-state index in [1.807, 2.05) is 25.1 Å². The van der Waals surface area contributed by atoms with Crippen molar-refractivity contribution in [3.05, 3.63) is 45.5 Å². The van der Waals surface area contributed by atoms with Gasteiger partial charge in [0.15, 0.2) is 0 Å². The summed E-state index contributed by atoms with van der Waals surface area (Å²) in [6, 6.07) is 8.47. The van der Waals surface area contributed by atoms with Gasteiger partial charge in [-0.25, -0.2) is 0 Å². The predicted octanol–water partition coefficient (Wildman–Crippen LogP) is 4.24. The van der Waals surface area contributed by atoms with Gasteiger partial charge in [0.1, 0.15) is 11.8 Å². The molecule has 1 fully saturated rings. The van der Waals surface area contributed by atoms with Crippen LogP contribution in [0.5, 0.6) is 0 Å². The van der Waals surface area contributed by atoms with Crippen LogP contribution >= 0.6 is 22.9 Å². The van der Waals surface area contributed by atoms with Crippen LogP contribution in [0.15, 0.2) is 34.9 Å². The van der Waals surface area contributed by atoms with E-state index >= 15 is 0 Å². The number of ether oxygens (including phenoxy) is 1. The van der Waals surface area contributed by atoms with E-state index in [-0.39, 0.29) is 6.04 Å². The zero-order valence-electron chi connectivity index (χ0n) is 11.3. The van der Waals surface area contributed by atoms with Gasteiger partial charge in [-0.05, 0) is 44.0 Å². The van der Waals surface area contributed by atoms with Crippen LogP contribution < -0.4 is 5.32 Å². The summed E-state index contributed by atoms with van der Waals surface area (Å²) in [5, 5.41) is 3.65. The van der Waals surface area contributed by atoms with Crippen molar-refractivity contribution in [2.45, 2.75) is 38.0 Å². The number of hydrogen-bond acceptors (Lipinski definition) is 4. The van der Waals surface area contributed by atoms with E-state index in [1.165, 1.54) is 4.88 Å². The highest BCUT2D eigenvalue weighted by atomic mass is 35.5. The normalized spacial score (nSPS) is 23.5. The van der Waals surface area contributed by atoms with Gasteiger partial charge in [-0.3, -0.25) is 5.32 Å². The van der Waals surface area contributed by atoms with Crippen LogP contribution in [0.25, 0.3) is 0 Å². The van der Waals surface area contributed by atoms with Crippen molar-refractivity contribution in [3.63, 3.8) is 0 Å². The molecule has 0 radical (unpaired) electrons. The lowest BCUT2D eigenvalue weighted by molar-refractivity contribution is -0.0118. The van der Waals surface area contributed by atoms with Gasteiger partial charge in [-0.1, -0.05) is 11.6 Å². The Kier molecular flexibility index (Phi) is 4.46. The van der Waals surface area contributed by atoms with Crippen LogP contribution in [0.4, 0.5) is 0 Å². The van der Waals surface area contributed by atoms with Crippen LogP contribution in [-0.2, 0) is 4.74 Å². The molecule has 108 valence electrons. The standard InChI is InChI=1S/C15H18ClNO2S/c1-2-18-11-8-10(9-11)17-15(12-4-3-7-19-12)13-5-6-14(16)20-13/h3-7,10-11,15,17H,2,8-9H2,1H3. The second-order valence-electron chi connectivity index (χ2n) is 5.00. The van der Waals surface area contributed by atoms with Gasteiger partial charge in [-0.2, -0.15) is 0 Å². The molecular formula is C15H18ClNO2S. The van der Waals surface area contributed by atoms with Gasteiger partial charge in [0.25, 0.3) is 0 Å². The summed E-state index contributed by atoms with van der Waals surface area (Å²) in [5.41, 5.74) is 0. The van der Waals surface area contributed by atoms with Gasteiger partial charge >= 0.3 is 0 Å². The number of halogens is 1. The maximum absolute atomic E-state index is 6.05. The second kappa shape index (κ2) is 6.31. The van der Waals surface area contributed by atoms with E-state index in [9.17, 15) is 0 Å². The van der Waals surface area contributed by atoms with E-state index in [0.717, 1.165) is 29.5 Å². The molecule has 0 amide bonds. The van der Waals surface area contributed by atoms with E-state index < -0.39 is 0 Å². The van der Waals surface area contributed by atoms with Crippen LogP contribution in [0.2, 0.25) is 4.34 Å². The lowest BCUT2D eigenvalue weighted by Crippen LogP contribution is -2.46. The fraction of sp³-hybridized carbons (Fsp3) is 0.467. The average Bonchev–Trinajstić information content (AvgIpc) is 3.03. The topological polar surface area (TPSA) is 34.4 Å². The minimum Gasteiger partial charge on any atom is -0.467 e. The molecule has 2 aromatic heterocycles. The lowest BCUT2D eigenvalue weighted by Gasteiger charge is -2.37. The Morgan fingerprint density at radius 1 is 1.45 bits per heavy atom. The summed E-state index contributed by atoms with van der Waals surface area (Å²) in [5.74, 6) is 0.934. The maximum atomic E-state index is 6.05. The Bertz CT molecular complexity index is 534. The van der Waals surface area contributed by atoms with E-state index in [2.05, 4.69) is 11.4 Å².